The van der Waals surface area contributed by atoms with Gasteiger partial charge in [-0.1, -0.05) is 13.8 Å². The van der Waals surface area contributed by atoms with Gasteiger partial charge < -0.3 is 15.4 Å². The first-order chi connectivity index (χ1) is 8.85. The largest absolute Gasteiger partial charge is 0.444 e. The fraction of sp³-hybridized carbons (Fsp3) is 0.933. The van der Waals surface area contributed by atoms with E-state index in [0.717, 1.165) is 19.4 Å². The van der Waals surface area contributed by atoms with Crippen LogP contribution in [-0.4, -0.2) is 30.3 Å². The minimum atomic E-state index is -0.430. The molecule has 0 saturated heterocycles. The normalized spacial score (nSPS) is 17.4. The van der Waals surface area contributed by atoms with E-state index in [0.29, 0.717) is 12.0 Å². The number of hydrogen-bond donors (Lipinski definition) is 2. The van der Waals surface area contributed by atoms with Gasteiger partial charge in [0.15, 0.2) is 0 Å². The number of rotatable bonds is 7. The highest BCUT2D eigenvalue weighted by atomic mass is 16.6. The standard InChI is InChI=1S/C15H30N2O2/c1-6-12(7-2)16-10-13(11-8-9-11)17-14(18)19-15(3,4)5/h11-13,16H,6-10H2,1-5H3,(H,17,18). The molecule has 1 saturated carbocycles. The van der Waals surface area contributed by atoms with Crippen molar-refractivity contribution >= 4 is 6.09 Å². The zero-order chi connectivity index (χ0) is 14.5. The molecule has 0 aliphatic heterocycles. The number of nitrogens with one attached hydrogen (secondary N) is 2. The van der Waals surface area contributed by atoms with Crippen LogP contribution in [0.5, 0.6) is 0 Å². The summed E-state index contributed by atoms with van der Waals surface area (Å²) in [4.78, 5) is 11.8. The van der Waals surface area contributed by atoms with E-state index in [1.165, 1.54) is 12.8 Å². The van der Waals surface area contributed by atoms with Crippen LogP contribution < -0.4 is 10.6 Å². The van der Waals surface area contributed by atoms with E-state index in [1.807, 2.05) is 20.8 Å². The third kappa shape index (κ3) is 6.81. The van der Waals surface area contributed by atoms with Crippen LogP contribution in [0.3, 0.4) is 0 Å². The first-order valence-corrected chi connectivity index (χ1v) is 7.58. The van der Waals surface area contributed by atoms with Crippen LogP contribution in [0.4, 0.5) is 4.79 Å². The second-order valence-electron chi connectivity index (χ2n) is 6.51. The van der Waals surface area contributed by atoms with E-state index in [2.05, 4.69) is 24.5 Å². The van der Waals surface area contributed by atoms with Crippen molar-refractivity contribution in [2.45, 2.75) is 78.0 Å². The molecule has 0 heterocycles. The molecule has 0 aromatic carbocycles. The van der Waals surface area contributed by atoms with Crippen molar-refractivity contribution in [3.8, 4) is 0 Å². The topological polar surface area (TPSA) is 50.4 Å². The fourth-order valence-corrected chi connectivity index (χ4v) is 2.16. The average Bonchev–Trinajstić information content (AvgIpc) is 3.10. The molecule has 19 heavy (non-hydrogen) atoms. The maximum absolute atomic E-state index is 11.8. The summed E-state index contributed by atoms with van der Waals surface area (Å²) in [5, 5.41) is 6.55. The predicted molar refractivity (Wildman–Crippen MR) is 78.3 cm³/mol. The maximum atomic E-state index is 11.8. The summed E-state index contributed by atoms with van der Waals surface area (Å²) in [6, 6.07) is 0.747. The van der Waals surface area contributed by atoms with Crippen molar-refractivity contribution in [2.24, 2.45) is 5.92 Å². The molecule has 0 spiro atoms. The van der Waals surface area contributed by atoms with Crippen molar-refractivity contribution in [1.29, 1.82) is 0 Å². The Bertz CT molecular complexity index is 278. The van der Waals surface area contributed by atoms with Gasteiger partial charge in [0.25, 0.3) is 0 Å². The lowest BCUT2D eigenvalue weighted by Crippen LogP contribution is -2.47. The Kier molecular flexibility index (Phi) is 6.11. The molecule has 1 aliphatic rings. The van der Waals surface area contributed by atoms with Crippen LogP contribution in [0.25, 0.3) is 0 Å². The van der Waals surface area contributed by atoms with Gasteiger partial charge in [-0.2, -0.15) is 0 Å². The van der Waals surface area contributed by atoms with Crippen LogP contribution in [0, 0.1) is 5.92 Å². The third-order valence-corrected chi connectivity index (χ3v) is 3.51. The first kappa shape index (κ1) is 16.3. The maximum Gasteiger partial charge on any atom is 0.407 e. The van der Waals surface area contributed by atoms with Crippen molar-refractivity contribution in [2.75, 3.05) is 6.54 Å². The van der Waals surface area contributed by atoms with Crippen LogP contribution >= 0.6 is 0 Å². The van der Waals surface area contributed by atoms with Gasteiger partial charge in [-0.25, -0.2) is 4.79 Å². The quantitative estimate of drug-likeness (QED) is 0.747. The number of carbonyl (C=O) groups is 1. The molecule has 1 atom stereocenters. The van der Waals surface area contributed by atoms with E-state index < -0.39 is 5.60 Å². The third-order valence-electron chi connectivity index (χ3n) is 3.51. The number of ether oxygens (including phenoxy) is 1. The fourth-order valence-electron chi connectivity index (χ4n) is 2.16. The zero-order valence-electron chi connectivity index (χ0n) is 13.1. The lowest BCUT2D eigenvalue weighted by atomic mass is 10.1. The van der Waals surface area contributed by atoms with Crippen molar-refractivity contribution in [3.63, 3.8) is 0 Å². The Morgan fingerprint density at radius 1 is 1.26 bits per heavy atom. The zero-order valence-corrected chi connectivity index (χ0v) is 13.1. The predicted octanol–water partition coefficient (Wildman–Crippen LogP) is 3.07. The lowest BCUT2D eigenvalue weighted by molar-refractivity contribution is 0.0496. The Morgan fingerprint density at radius 2 is 1.84 bits per heavy atom. The summed E-state index contributed by atoms with van der Waals surface area (Å²) in [7, 11) is 0. The Hall–Kier alpha value is -0.770. The highest BCUT2D eigenvalue weighted by Crippen LogP contribution is 2.32. The lowest BCUT2D eigenvalue weighted by Gasteiger charge is -2.25. The van der Waals surface area contributed by atoms with Crippen molar-refractivity contribution in [1.82, 2.24) is 10.6 Å². The number of carbonyl (C=O) groups excluding carboxylic acids is 1. The molecular formula is C15H30N2O2. The molecule has 1 amide bonds. The van der Waals surface area contributed by atoms with Crippen molar-refractivity contribution < 1.29 is 9.53 Å². The van der Waals surface area contributed by atoms with Gasteiger partial charge in [0.2, 0.25) is 0 Å². The Morgan fingerprint density at radius 3 is 2.26 bits per heavy atom. The second kappa shape index (κ2) is 7.13. The van der Waals surface area contributed by atoms with Gasteiger partial charge in [0.1, 0.15) is 5.60 Å². The minimum Gasteiger partial charge on any atom is -0.444 e. The molecular weight excluding hydrogens is 240 g/mol. The van der Waals surface area contributed by atoms with E-state index in [-0.39, 0.29) is 12.1 Å². The number of alkyl carbamates (subject to hydrolysis) is 1. The molecule has 0 aromatic heterocycles. The van der Waals surface area contributed by atoms with Gasteiger partial charge in [-0.05, 0) is 52.4 Å². The molecule has 0 bridgehead atoms. The van der Waals surface area contributed by atoms with Gasteiger partial charge in [-0.3, -0.25) is 0 Å². The summed E-state index contributed by atoms with van der Waals surface area (Å²) in [5.41, 5.74) is -0.430. The Balaban J connectivity index is 2.38. The van der Waals surface area contributed by atoms with Crippen LogP contribution in [0.1, 0.15) is 60.3 Å². The highest BCUT2D eigenvalue weighted by molar-refractivity contribution is 5.68. The molecule has 4 nitrogen and oxygen atoms in total. The summed E-state index contributed by atoms with van der Waals surface area (Å²) >= 11 is 0. The summed E-state index contributed by atoms with van der Waals surface area (Å²) in [5.74, 6) is 0.620. The minimum absolute atomic E-state index is 0.204. The van der Waals surface area contributed by atoms with Crippen molar-refractivity contribution in [3.05, 3.63) is 0 Å². The van der Waals surface area contributed by atoms with Gasteiger partial charge in [0, 0.05) is 18.6 Å². The summed E-state index contributed by atoms with van der Waals surface area (Å²) in [6.45, 7) is 10.9. The van der Waals surface area contributed by atoms with E-state index in [9.17, 15) is 4.79 Å². The summed E-state index contributed by atoms with van der Waals surface area (Å²) in [6.07, 6.45) is 4.38. The Labute approximate surface area is 117 Å². The van der Waals surface area contributed by atoms with E-state index in [4.69, 9.17) is 4.74 Å². The smallest absolute Gasteiger partial charge is 0.407 e. The highest BCUT2D eigenvalue weighted by Gasteiger charge is 2.33. The van der Waals surface area contributed by atoms with Crippen LogP contribution in [0.2, 0.25) is 0 Å². The molecule has 112 valence electrons. The first-order valence-electron chi connectivity index (χ1n) is 7.58. The molecule has 0 aromatic rings. The molecule has 1 unspecified atom stereocenters. The van der Waals surface area contributed by atoms with Gasteiger partial charge in [0.05, 0.1) is 0 Å². The molecule has 1 fully saturated rings. The molecule has 1 aliphatic carbocycles. The van der Waals surface area contributed by atoms with Gasteiger partial charge >= 0.3 is 6.09 Å². The number of hydrogen-bond acceptors (Lipinski definition) is 3. The van der Waals surface area contributed by atoms with E-state index >= 15 is 0 Å². The SMILES string of the molecule is CCC(CC)NCC(NC(=O)OC(C)(C)C)C1CC1. The molecule has 4 heteroatoms. The van der Waals surface area contributed by atoms with E-state index in [1.54, 1.807) is 0 Å². The summed E-state index contributed by atoms with van der Waals surface area (Å²) < 4.78 is 5.33. The number of amides is 1. The molecule has 1 rings (SSSR count). The van der Waals surface area contributed by atoms with Crippen LogP contribution in [0.15, 0.2) is 0 Å². The van der Waals surface area contributed by atoms with Gasteiger partial charge in [-0.15, -0.1) is 0 Å². The molecule has 0 radical (unpaired) electrons. The van der Waals surface area contributed by atoms with Crippen LogP contribution in [-0.2, 0) is 4.74 Å². The average molecular weight is 270 g/mol. The monoisotopic (exact) mass is 270 g/mol. The second-order valence-corrected chi connectivity index (χ2v) is 6.51. The molecule has 2 N–H and O–H groups in total.